The highest BCUT2D eigenvalue weighted by atomic mass is 32.2. The van der Waals surface area contributed by atoms with E-state index in [0.717, 1.165) is 0 Å². The summed E-state index contributed by atoms with van der Waals surface area (Å²) in [4.78, 5) is 13.3. The van der Waals surface area contributed by atoms with Gasteiger partial charge in [0, 0.05) is 12.5 Å². The van der Waals surface area contributed by atoms with Gasteiger partial charge in [0.15, 0.2) is 0 Å². The number of amides is 2. The van der Waals surface area contributed by atoms with E-state index in [4.69, 9.17) is 10.1 Å². The van der Waals surface area contributed by atoms with Gasteiger partial charge in [0.1, 0.15) is 6.61 Å². The van der Waals surface area contributed by atoms with Gasteiger partial charge in [0.25, 0.3) is 6.02 Å². The summed E-state index contributed by atoms with van der Waals surface area (Å²) < 4.78 is 6.52. The Hall–Kier alpha value is -1.26. The lowest BCUT2D eigenvalue weighted by Crippen LogP contribution is -2.42. The van der Waals surface area contributed by atoms with Gasteiger partial charge in [-0.15, -0.1) is 5.92 Å². The van der Waals surface area contributed by atoms with Crippen LogP contribution in [-0.4, -0.2) is 46.3 Å². The minimum absolute atomic E-state index is 0.128. The molecule has 18 heavy (non-hydrogen) atoms. The first-order valence-corrected chi connectivity index (χ1v) is 7.40. The third kappa shape index (κ3) is 5.38. The van der Waals surface area contributed by atoms with E-state index in [1.165, 1.54) is 38.6 Å². The number of ether oxygens (including phenoxy) is 1. The molecule has 0 saturated carbocycles. The molecule has 0 aliphatic heterocycles. The summed E-state index contributed by atoms with van der Waals surface area (Å²) in [5.74, 6) is 5.44. The lowest BCUT2D eigenvalue weighted by atomic mass is 10.5. The predicted molar refractivity (Wildman–Crippen MR) is 78.3 cm³/mol. The average Bonchev–Trinajstić information content (AvgIpc) is 2.38. The van der Waals surface area contributed by atoms with Crippen LogP contribution >= 0.6 is 23.9 Å². The average molecular weight is 287 g/mol. The summed E-state index contributed by atoms with van der Waals surface area (Å²) >= 11 is 2.53. The fourth-order valence-corrected chi connectivity index (χ4v) is 2.04. The van der Waals surface area contributed by atoms with Crippen molar-refractivity contribution < 1.29 is 9.53 Å². The normalized spacial score (nSPS) is 8.83. The fraction of sp³-hybridized carbons (Fsp3) is 0.455. The van der Waals surface area contributed by atoms with Gasteiger partial charge in [-0.2, -0.15) is 0 Å². The molecule has 0 spiro atoms. The second-order valence-electron chi connectivity index (χ2n) is 2.82. The van der Waals surface area contributed by atoms with Crippen LogP contribution in [0.25, 0.3) is 0 Å². The Balaban J connectivity index is 4.83. The quantitative estimate of drug-likeness (QED) is 0.277. The second-order valence-corrected chi connectivity index (χ2v) is 4.51. The molecule has 0 atom stereocenters. The number of nitrogens with one attached hydrogen (secondary N) is 1. The van der Waals surface area contributed by atoms with Crippen LogP contribution in [0.2, 0.25) is 0 Å². The van der Waals surface area contributed by atoms with E-state index in [-0.39, 0.29) is 25.2 Å². The van der Waals surface area contributed by atoms with E-state index in [1.54, 1.807) is 19.4 Å². The van der Waals surface area contributed by atoms with Crippen LogP contribution < -0.4 is 0 Å². The van der Waals surface area contributed by atoms with Crippen LogP contribution in [0.1, 0.15) is 6.92 Å². The van der Waals surface area contributed by atoms with Crippen molar-refractivity contribution in [3.8, 4) is 11.8 Å². The zero-order chi connectivity index (χ0) is 14.0. The number of carbonyl (C=O) groups is 1. The van der Waals surface area contributed by atoms with Crippen molar-refractivity contribution in [2.45, 2.75) is 6.92 Å². The molecule has 0 bridgehead atoms. The van der Waals surface area contributed by atoms with Gasteiger partial charge < -0.3 is 4.74 Å². The van der Waals surface area contributed by atoms with Crippen LogP contribution in [0.4, 0.5) is 4.79 Å². The fourth-order valence-electron chi connectivity index (χ4n) is 0.929. The highest BCUT2D eigenvalue weighted by Gasteiger charge is 2.24. The van der Waals surface area contributed by atoms with E-state index in [0.29, 0.717) is 0 Å². The predicted octanol–water partition coefficient (Wildman–Crippen LogP) is 2.43. The van der Waals surface area contributed by atoms with Gasteiger partial charge in [-0.05, 0) is 30.8 Å². The lowest BCUT2D eigenvalue weighted by Gasteiger charge is -2.25. The van der Waals surface area contributed by atoms with E-state index < -0.39 is 0 Å². The molecule has 5 nitrogen and oxygen atoms in total. The Kier molecular flexibility index (Phi) is 9.06. The third-order valence-corrected chi connectivity index (χ3v) is 3.59. The number of hydrogen-bond donors (Lipinski definition) is 1. The van der Waals surface area contributed by atoms with Crippen molar-refractivity contribution >= 4 is 35.9 Å². The maximum atomic E-state index is 12.1. The largest absolute Gasteiger partial charge is 0.461 e. The molecule has 0 aliphatic rings. The number of nitrogens with zero attached hydrogens (tertiary/aromatic N) is 2. The monoisotopic (exact) mass is 287 g/mol. The topological polar surface area (TPSA) is 56.6 Å². The van der Waals surface area contributed by atoms with Gasteiger partial charge in [-0.1, -0.05) is 18.6 Å². The summed E-state index contributed by atoms with van der Waals surface area (Å²) in [6.45, 7) is 5.48. The van der Waals surface area contributed by atoms with E-state index in [1.807, 2.05) is 0 Å². The number of urea groups is 1. The molecule has 0 aromatic carbocycles. The molecule has 0 aromatic rings. The first kappa shape index (κ1) is 16.7. The first-order valence-electron chi connectivity index (χ1n) is 5.04. The summed E-state index contributed by atoms with van der Waals surface area (Å²) in [6.07, 6.45) is 5.09. The van der Waals surface area contributed by atoms with Gasteiger partial charge in [0.05, 0.1) is 6.54 Å². The molecule has 2 amide bonds. The molecular weight excluding hydrogens is 270 g/mol. The minimum atomic E-state index is -0.341. The zero-order valence-corrected chi connectivity index (χ0v) is 12.4. The van der Waals surface area contributed by atoms with Crippen molar-refractivity contribution in [3.05, 3.63) is 12.7 Å². The Labute approximate surface area is 117 Å². The van der Waals surface area contributed by atoms with Crippen LogP contribution in [0.15, 0.2) is 12.7 Å². The molecule has 0 aromatic heterocycles. The Morgan fingerprint density at radius 3 is 2.56 bits per heavy atom. The summed E-state index contributed by atoms with van der Waals surface area (Å²) in [7, 11) is 0. The van der Waals surface area contributed by atoms with Crippen molar-refractivity contribution in [2.24, 2.45) is 0 Å². The zero-order valence-electron chi connectivity index (χ0n) is 10.7. The molecule has 0 radical (unpaired) electrons. The van der Waals surface area contributed by atoms with Crippen molar-refractivity contribution in [3.63, 3.8) is 0 Å². The molecule has 0 heterocycles. The maximum Gasteiger partial charge on any atom is 0.349 e. The highest BCUT2D eigenvalue weighted by molar-refractivity contribution is 8.12. The SMILES string of the molecule is C=CCOC(=N)N(CC#CC)C(=O)N(SC)SC. The minimum Gasteiger partial charge on any atom is -0.461 e. The van der Waals surface area contributed by atoms with Crippen LogP contribution in [0.5, 0.6) is 0 Å². The second kappa shape index (κ2) is 9.74. The van der Waals surface area contributed by atoms with Gasteiger partial charge in [-0.25, -0.2) is 13.4 Å². The van der Waals surface area contributed by atoms with Gasteiger partial charge in [0.2, 0.25) is 0 Å². The smallest absolute Gasteiger partial charge is 0.349 e. The van der Waals surface area contributed by atoms with Gasteiger partial charge >= 0.3 is 6.03 Å². The molecule has 0 rings (SSSR count). The summed E-state index contributed by atoms with van der Waals surface area (Å²) in [6, 6.07) is -0.567. The van der Waals surface area contributed by atoms with Crippen LogP contribution in [0, 0.1) is 17.3 Å². The third-order valence-electron chi connectivity index (χ3n) is 1.72. The van der Waals surface area contributed by atoms with Crippen molar-refractivity contribution in [1.29, 1.82) is 5.41 Å². The molecule has 0 unspecified atom stereocenters. The molecule has 1 N–H and O–H groups in total. The summed E-state index contributed by atoms with van der Waals surface area (Å²) in [5.41, 5.74) is 0. The van der Waals surface area contributed by atoms with Gasteiger partial charge in [-0.3, -0.25) is 5.41 Å². The van der Waals surface area contributed by atoms with Crippen LogP contribution in [-0.2, 0) is 4.74 Å². The molecule has 100 valence electrons. The molecule has 0 saturated heterocycles. The number of amidine groups is 1. The lowest BCUT2D eigenvalue weighted by molar-refractivity contribution is 0.205. The van der Waals surface area contributed by atoms with Crippen molar-refractivity contribution in [2.75, 3.05) is 25.7 Å². The number of carbonyl (C=O) groups excluding carboxylic acids is 1. The molecule has 0 aliphatic carbocycles. The molecule has 0 fully saturated rings. The van der Waals surface area contributed by atoms with Crippen LogP contribution in [0.3, 0.4) is 0 Å². The Morgan fingerprint density at radius 1 is 1.50 bits per heavy atom. The number of hydrogen-bond acceptors (Lipinski definition) is 5. The van der Waals surface area contributed by atoms with E-state index in [2.05, 4.69) is 18.4 Å². The maximum absolute atomic E-state index is 12.1. The molecular formula is C11H17N3O2S2. The first-order chi connectivity index (χ1) is 8.62. The Morgan fingerprint density at radius 2 is 2.11 bits per heavy atom. The Bertz CT molecular complexity index is 359. The molecule has 7 heteroatoms. The summed E-state index contributed by atoms with van der Waals surface area (Å²) in [5, 5.41) is 7.72. The van der Waals surface area contributed by atoms with Crippen molar-refractivity contribution in [1.82, 2.24) is 8.61 Å². The van der Waals surface area contributed by atoms with E-state index in [9.17, 15) is 4.79 Å². The highest BCUT2D eigenvalue weighted by Crippen LogP contribution is 2.19. The number of rotatable bonds is 5. The van der Waals surface area contributed by atoms with E-state index >= 15 is 0 Å². The standard InChI is InChI=1S/C11H17N3O2S2/c1-5-7-8-13(10(12)16-9-6-2)11(15)14(17-3)18-4/h6,12H,2,8-9H2,1,3-4H3.